The summed E-state index contributed by atoms with van der Waals surface area (Å²) in [4.78, 5) is 12.0. The summed E-state index contributed by atoms with van der Waals surface area (Å²) >= 11 is 0. The summed E-state index contributed by atoms with van der Waals surface area (Å²) in [5.74, 6) is 0.226. The molecular weight excluding hydrogens is 404 g/mol. The maximum absolute atomic E-state index is 12.9. The van der Waals surface area contributed by atoms with Crippen LogP contribution in [0, 0.1) is 0 Å². The highest BCUT2D eigenvalue weighted by atomic mass is 19.4. The van der Waals surface area contributed by atoms with Crippen molar-refractivity contribution in [3.05, 3.63) is 65.7 Å². The van der Waals surface area contributed by atoms with Crippen molar-refractivity contribution in [2.75, 3.05) is 10.6 Å². The van der Waals surface area contributed by atoms with Crippen molar-refractivity contribution in [3.8, 4) is 11.3 Å². The minimum atomic E-state index is -5.02. The number of hydrogen-bond acceptors (Lipinski definition) is 3. The summed E-state index contributed by atoms with van der Waals surface area (Å²) in [6.07, 6.45) is -10.0. The molecule has 2 N–H and O–H groups in total. The molecule has 0 fully saturated rings. The molecule has 29 heavy (non-hydrogen) atoms. The molecule has 0 saturated carbocycles. The third kappa shape index (κ3) is 5.06. The van der Waals surface area contributed by atoms with Gasteiger partial charge in [-0.15, -0.1) is 0 Å². The van der Waals surface area contributed by atoms with Crippen molar-refractivity contribution < 1.29 is 35.7 Å². The first-order chi connectivity index (χ1) is 13.5. The van der Waals surface area contributed by atoms with Gasteiger partial charge in [0.25, 0.3) is 0 Å². The fourth-order valence-corrected chi connectivity index (χ4v) is 2.38. The van der Waals surface area contributed by atoms with Gasteiger partial charge in [-0.3, -0.25) is 5.32 Å². The van der Waals surface area contributed by atoms with Crippen molar-refractivity contribution in [2.24, 2.45) is 0 Å². The first-order valence-electron chi connectivity index (χ1n) is 7.92. The van der Waals surface area contributed by atoms with E-state index in [9.17, 15) is 31.1 Å². The number of aromatic nitrogens is 1. The van der Waals surface area contributed by atoms with Gasteiger partial charge < -0.3 is 9.84 Å². The van der Waals surface area contributed by atoms with Gasteiger partial charge >= 0.3 is 18.4 Å². The summed E-state index contributed by atoms with van der Waals surface area (Å²) in [7, 11) is 0. The van der Waals surface area contributed by atoms with Crippen molar-refractivity contribution in [1.82, 2.24) is 5.16 Å². The van der Waals surface area contributed by atoms with Crippen LogP contribution in [0.4, 0.5) is 42.6 Å². The Labute approximate surface area is 159 Å². The lowest BCUT2D eigenvalue weighted by atomic mass is 10.1. The van der Waals surface area contributed by atoms with E-state index in [4.69, 9.17) is 4.52 Å². The number of anilines is 2. The lowest BCUT2D eigenvalue weighted by Gasteiger charge is -2.14. The van der Waals surface area contributed by atoms with Gasteiger partial charge in [0.1, 0.15) is 0 Å². The van der Waals surface area contributed by atoms with Gasteiger partial charge in [0.2, 0.25) is 0 Å². The molecule has 11 heteroatoms. The van der Waals surface area contributed by atoms with Crippen LogP contribution in [0.3, 0.4) is 0 Å². The Morgan fingerprint density at radius 3 is 1.97 bits per heavy atom. The Morgan fingerprint density at radius 1 is 0.828 bits per heavy atom. The van der Waals surface area contributed by atoms with E-state index in [-0.39, 0.29) is 11.9 Å². The van der Waals surface area contributed by atoms with E-state index >= 15 is 0 Å². The average molecular weight is 415 g/mol. The number of carbonyl (C=O) groups excluding carboxylic acids is 1. The number of rotatable bonds is 3. The van der Waals surface area contributed by atoms with Gasteiger partial charge in [-0.2, -0.15) is 26.3 Å². The number of urea groups is 1. The highest BCUT2D eigenvalue weighted by molar-refractivity contribution is 5.99. The summed E-state index contributed by atoms with van der Waals surface area (Å²) in [5.41, 5.74) is -3.12. The lowest BCUT2D eigenvalue weighted by Crippen LogP contribution is -2.21. The number of nitrogens with one attached hydrogen (secondary N) is 2. The molecule has 5 nitrogen and oxygen atoms in total. The van der Waals surface area contributed by atoms with Crippen LogP contribution < -0.4 is 10.6 Å². The second-order valence-corrected chi connectivity index (χ2v) is 5.82. The topological polar surface area (TPSA) is 67.2 Å². The first-order valence-corrected chi connectivity index (χ1v) is 7.92. The zero-order valence-corrected chi connectivity index (χ0v) is 14.2. The maximum Gasteiger partial charge on any atom is 0.416 e. The minimum Gasteiger partial charge on any atom is -0.354 e. The zero-order valence-electron chi connectivity index (χ0n) is 14.2. The van der Waals surface area contributed by atoms with Gasteiger partial charge in [0.05, 0.1) is 11.1 Å². The van der Waals surface area contributed by atoms with Crippen LogP contribution in [0.2, 0.25) is 0 Å². The Kier molecular flexibility index (Phi) is 5.23. The van der Waals surface area contributed by atoms with Crippen LogP contribution in [-0.4, -0.2) is 11.2 Å². The normalized spacial score (nSPS) is 11.9. The molecule has 3 rings (SSSR count). The number of nitrogens with zero attached hydrogens (tertiary/aromatic N) is 1. The quantitative estimate of drug-likeness (QED) is 0.514. The fraction of sp³-hybridized carbons (Fsp3) is 0.111. The number of benzene rings is 2. The lowest BCUT2D eigenvalue weighted by molar-refractivity contribution is -0.143. The molecule has 0 atom stereocenters. The Balaban J connectivity index is 1.78. The van der Waals surface area contributed by atoms with Gasteiger partial charge in [0, 0.05) is 17.3 Å². The van der Waals surface area contributed by atoms with Crippen LogP contribution in [0.25, 0.3) is 11.3 Å². The predicted molar refractivity (Wildman–Crippen MR) is 91.0 cm³/mol. The smallest absolute Gasteiger partial charge is 0.354 e. The molecule has 0 spiro atoms. The number of halogens is 6. The van der Waals surface area contributed by atoms with Crippen LogP contribution in [0.1, 0.15) is 11.1 Å². The van der Waals surface area contributed by atoms with E-state index < -0.39 is 35.2 Å². The van der Waals surface area contributed by atoms with Crippen LogP contribution in [-0.2, 0) is 12.4 Å². The van der Waals surface area contributed by atoms with Crippen LogP contribution in [0.15, 0.2) is 59.1 Å². The van der Waals surface area contributed by atoms with E-state index in [1.54, 1.807) is 30.3 Å². The second-order valence-electron chi connectivity index (χ2n) is 5.82. The van der Waals surface area contributed by atoms with Crippen molar-refractivity contribution in [1.29, 1.82) is 0 Å². The van der Waals surface area contributed by atoms with E-state index in [1.165, 1.54) is 6.07 Å². The van der Waals surface area contributed by atoms with Crippen LogP contribution in [0.5, 0.6) is 0 Å². The number of hydrogen-bond donors (Lipinski definition) is 2. The molecule has 1 heterocycles. The van der Waals surface area contributed by atoms with E-state index in [2.05, 4.69) is 10.5 Å². The van der Waals surface area contributed by atoms with Crippen molar-refractivity contribution in [2.45, 2.75) is 12.4 Å². The highest BCUT2D eigenvalue weighted by Gasteiger charge is 2.37. The largest absolute Gasteiger partial charge is 0.416 e. The molecule has 0 aliphatic heterocycles. The van der Waals surface area contributed by atoms with E-state index in [0.29, 0.717) is 23.5 Å². The molecule has 1 aromatic heterocycles. The molecule has 3 aromatic rings. The number of amides is 2. The van der Waals surface area contributed by atoms with Gasteiger partial charge in [-0.1, -0.05) is 35.5 Å². The Hall–Kier alpha value is -3.50. The molecule has 0 radical (unpaired) electrons. The molecule has 0 saturated heterocycles. The third-order valence-electron chi connectivity index (χ3n) is 3.66. The Bertz CT molecular complexity index is 980. The maximum atomic E-state index is 12.9. The molecule has 0 unspecified atom stereocenters. The molecular formula is C18H11F6N3O2. The fourth-order valence-electron chi connectivity index (χ4n) is 2.38. The summed E-state index contributed by atoms with van der Waals surface area (Å²) in [6.45, 7) is 0. The van der Waals surface area contributed by atoms with E-state index in [1.807, 2.05) is 5.32 Å². The average Bonchev–Trinajstić information content (AvgIpc) is 3.09. The standard InChI is InChI=1S/C18H11F6N3O2/c19-17(20,21)11-6-12(18(22,23)24)8-13(7-11)25-16(28)26-15-9-14(29-27-15)10-4-2-1-3-5-10/h1-9H,(H2,25,26,27,28). The second kappa shape index (κ2) is 7.49. The minimum absolute atomic E-state index is 0.0349. The molecule has 0 bridgehead atoms. The molecule has 0 aliphatic carbocycles. The molecule has 2 amide bonds. The van der Waals surface area contributed by atoms with Gasteiger partial charge in [0.15, 0.2) is 11.6 Å². The van der Waals surface area contributed by atoms with Gasteiger partial charge in [-0.25, -0.2) is 4.79 Å². The summed E-state index contributed by atoms with van der Waals surface area (Å²) in [6, 6.07) is 9.70. The summed E-state index contributed by atoms with van der Waals surface area (Å²) < 4.78 is 82.2. The highest BCUT2D eigenvalue weighted by Crippen LogP contribution is 2.37. The summed E-state index contributed by atoms with van der Waals surface area (Å²) in [5, 5.41) is 7.69. The van der Waals surface area contributed by atoms with E-state index in [0.717, 1.165) is 0 Å². The molecule has 152 valence electrons. The monoisotopic (exact) mass is 415 g/mol. The zero-order chi connectivity index (χ0) is 21.2. The van der Waals surface area contributed by atoms with Crippen molar-refractivity contribution >= 4 is 17.5 Å². The SMILES string of the molecule is O=C(Nc1cc(C(F)(F)F)cc(C(F)(F)F)c1)Nc1cc(-c2ccccc2)on1. The van der Waals surface area contributed by atoms with Gasteiger partial charge in [-0.05, 0) is 18.2 Å². The van der Waals surface area contributed by atoms with Crippen molar-refractivity contribution in [3.63, 3.8) is 0 Å². The number of alkyl halides is 6. The van der Waals surface area contributed by atoms with Crippen LogP contribution >= 0.6 is 0 Å². The first kappa shape index (κ1) is 20.2. The molecule has 0 aliphatic rings. The Morgan fingerprint density at radius 2 is 1.41 bits per heavy atom. The third-order valence-corrected chi connectivity index (χ3v) is 3.66. The molecule has 2 aromatic carbocycles. The number of carbonyl (C=O) groups is 1. The predicted octanol–water partition coefficient (Wildman–Crippen LogP) is 6.02.